The fourth-order valence-electron chi connectivity index (χ4n) is 3.18. The Kier molecular flexibility index (Phi) is 4.80. The lowest BCUT2D eigenvalue weighted by Gasteiger charge is -2.15. The highest BCUT2D eigenvalue weighted by atomic mass is 16.3. The van der Waals surface area contributed by atoms with Gasteiger partial charge in [-0.05, 0) is 44.0 Å². The number of hydrogen-bond donors (Lipinski definition) is 2. The predicted octanol–water partition coefficient (Wildman–Crippen LogP) is 3.99. The summed E-state index contributed by atoms with van der Waals surface area (Å²) in [6.45, 7) is 6.29. The second-order valence-electron chi connectivity index (χ2n) is 6.47. The molecule has 1 heterocycles. The van der Waals surface area contributed by atoms with Crippen molar-refractivity contribution in [3.8, 4) is 5.75 Å². The lowest BCUT2D eigenvalue weighted by atomic mass is 10.1. The summed E-state index contributed by atoms with van der Waals surface area (Å²) < 4.78 is 1.55. The van der Waals surface area contributed by atoms with E-state index >= 15 is 0 Å². The highest BCUT2D eigenvalue weighted by Crippen LogP contribution is 2.27. The Morgan fingerprint density at radius 2 is 1.88 bits per heavy atom. The summed E-state index contributed by atoms with van der Waals surface area (Å²) in [5, 5.41) is 13.9. The van der Waals surface area contributed by atoms with E-state index in [-0.39, 0.29) is 11.3 Å². The Labute approximate surface area is 151 Å². The zero-order valence-corrected chi connectivity index (χ0v) is 15.2. The van der Waals surface area contributed by atoms with Gasteiger partial charge < -0.3 is 15.0 Å². The van der Waals surface area contributed by atoms with Crippen molar-refractivity contribution in [1.29, 1.82) is 0 Å². The highest BCUT2D eigenvalue weighted by Gasteiger charge is 2.22. The van der Waals surface area contributed by atoms with E-state index in [1.807, 2.05) is 39.0 Å². The number of pyridine rings is 1. The minimum Gasteiger partial charge on any atom is -0.506 e. The molecule has 0 saturated heterocycles. The van der Waals surface area contributed by atoms with Crippen molar-refractivity contribution < 1.29 is 9.90 Å². The molecule has 0 aliphatic carbocycles. The topological polar surface area (TPSA) is 71.3 Å². The number of aromatic hydroxyl groups is 1. The van der Waals surface area contributed by atoms with Crippen molar-refractivity contribution in [3.05, 3.63) is 69.5 Å². The van der Waals surface area contributed by atoms with Crippen LogP contribution >= 0.6 is 0 Å². The molecule has 2 N–H and O–H groups in total. The molecule has 0 fully saturated rings. The number of carbonyl (C=O) groups excluding carboxylic acids is 1. The number of aromatic nitrogens is 1. The van der Waals surface area contributed by atoms with Crippen molar-refractivity contribution in [2.75, 3.05) is 5.32 Å². The molecule has 2 aromatic carbocycles. The Morgan fingerprint density at radius 3 is 2.58 bits per heavy atom. The van der Waals surface area contributed by atoms with Crippen LogP contribution < -0.4 is 10.9 Å². The molecular weight excluding hydrogens is 328 g/mol. The fourth-order valence-corrected chi connectivity index (χ4v) is 3.18. The van der Waals surface area contributed by atoms with Crippen LogP contribution in [-0.4, -0.2) is 15.6 Å². The molecule has 3 rings (SSSR count). The smallest absolute Gasteiger partial charge is 0.267 e. The number of fused-ring (bicyclic) bond motifs is 1. The van der Waals surface area contributed by atoms with Gasteiger partial charge in [-0.15, -0.1) is 0 Å². The van der Waals surface area contributed by atoms with Crippen molar-refractivity contribution in [1.82, 2.24) is 4.57 Å². The van der Waals surface area contributed by atoms with E-state index in [0.29, 0.717) is 23.1 Å². The van der Waals surface area contributed by atoms with Gasteiger partial charge in [-0.1, -0.05) is 36.8 Å². The van der Waals surface area contributed by atoms with Crippen LogP contribution in [0.2, 0.25) is 0 Å². The number of amides is 1. The number of rotatable bonds is 4. The van der Waals surface area contributed by atoms with Crippen molar-refractivity contribution in [3.63, 3.8) is 0 Å². The normalized spacial score (nSPS) is 10.9. The second kappa shape index (κ2) is 7.04. The quantitative estimate of drug-likeness (QED) is 0.747. The number of aryl methyl sites for hydroxylation is 3. The van der Waals surface area contributed by atoms with Gasteiger partial charge in [-0.25, -0.2) is 0 Å². The number of hydrogen-bond acceptors (Lipinski definition) is 3. The van der Waals surface area contributed by atoms with Crippen LogP contribution in [0, 0.1) is 13.8 Å². The van der Waals surface area contributed by atoms with E-state index in [1.165, 1.54) is 0 Å². The molecule has 0 bridgehead atoms. The SMILES string of the molecule is CCCn1c(=O)c(C(=O)Nc2ccc(C)cc2C)c(O)c2ccccc21. The molecule has 0 radical (unpaired) electrons. The molecule has 0 aliphatic rings. The van der Waals surface area contributed by atoms with Gasteiger partial charge in [-0.2, -0.15) is 0 Å². The monoisotopic (exact) mass is 350 g/mol. The van der Waals surface area contributed by atoms with E-state index in [9.17, 15) is 14.7 Å². The average Bonchev–Trinajstić information content (AvgIpc) is 2.61. The lowest BCUT2D eigenvalue weighted by Crippen LogP contribution is -2.30. The molecule has 1 amide bonds. The Hall–Kier alpha value is -3.08. The summed E-state index contributed by atoms with van der Waals surface area (Å²) in [6.07, 6.45) is 0.743. The van der Waals surface area contributed by atoms with E-state index in [2.05, 4.69) is 5.32 Å². The molecule has 0 atom stereocenters. The number of benzene rings is 2. The van der Waals surface area contributed by atoms with E-state index < -0.39 is 11.5 Å². The second-order valence-corrected chi connectivity index (χ2v) is 6.47. The minimum absolute atomic E-state index is 0.225. The maximum Gasteiger partial charge on any atom is 0.267 e. The van der Waals surface area contributed by atoms with E-state index in [4.69, 9.17) is 0 Å². The average molecular weight is 350 g/mol. The largest absolute Gasteiger partial charge is 0.506 e. The minimum atomic E-state index is -0.602. The first-order valence-electron chi connectivity index (χ1n) is 8.67. The molecule has 3 aromatic rings. The molecule has 5 nitrogen and oxygen atoms in total. The Bertz CT molecular complexity index is 1050. The molecule has 0 spiro atoms. The van der Waals surface area contributed by atoms with Crippen LogP contribution in [0.15, 0.2) is 47.3 Å². The first-order valence-corrected chi connectivity index (χ1v) is 8.67. The Balaban J connectivity index is 2.14. The summed E-state index contributed by atoms with van der Waals surface area (Å²) in [5.74, 6) is -0.879. The van der Waals surface area contributed by atoms with Gasteiger partial charge in [0.15, 0.2) is 0 Å². The van der Waals surface area contributed by atoms with Gasteiger partial charge in [0.2, 0.25) is 0 Å². The third kappa shape index (κ3) is 3.08. The maximum atomic E-state index is 12.9. The van der Waals surface area contributed by atoms with Gasteiger partial charge in [0.25, 0.3) is 11.5 Å². The van der Waals surface area contributed by atoms with Crippen LogP contribution in [0.3, 0.4) is 0 Å². The molecule has 5 heteroatoms. The van der Waals surface area contributed by atoms with Gasteiger partial charge in [0, 0.05) is 17.6 Å². The van der Waals surface area contributed by atoms with Crippen molar-refractivity contribution in [2.45, 2.75) is 33.7 Å². The van der Waals surface area contributed by atoms with Gasteiger partial charge >= 0.3 is 0 Å². The summed E-state index contributed by atoms with van der Waals surface area (Å²) >= 11 is 0. The molecule has 0 aliphatic heterocycles. The molecular formula is C21H22N2O3. The lowest BCUT2D eigenvalue weighted by molar-refractivity contribution is 0.102. The highest BCUT2D eigenvalue weighted by molar-refractivity contribution is 6.09. The standard InChI is InChI=1S/C21H22N2O3/c1-4-11-23-17-8-6-5-7-15(17)19(24)18(21(23)26)20(25)22-16-10-9-13(2)12-14(16)3/h5-10,12,24H,4,11H2,1-3H3,(H,22,25). The molecule has 134 valence electrons. The number of anilines is 1. The fraction of sp³-hybridized carbons (Fsp3) is 0.238. The third-order valence-electron chi connectivity index (χ3n) is 4.45. The maximum absolute atomic E-state index is 12.9. The Morgan fingerprint density at radius 1 is 1.15 bits per heavy atom. The van der Waals surface area contributed by atoms with Gasteiger partial charge in [-0.3, -0.25) is 9.59 Å². The number of nitrogens with zero attached hydrogens (tertiary/aromatic N) is 1. The first kappa shape index (κ1) is 17.7. The summed E-state index contributed by atoms with van der Waals surface area (Å²) in [5.41, 5.74) is 2.52. The van der Waals surface area contributed by atoms with Crippen LogP contribution in [-0.2, 0) is 6.54 Å². The number of nitrogens with one attached hydrogen (secondary N) is 1. The third-order valence-corrected chi connectivity index (χ3v) is 4.45. The molecule has 0 saturated carbocycles. The van der Waals surface area contributed by atoms with Crippen LogP contribution in [0.5, 0.6) is 5.75 Å². The van der Waals surface area contributed by atoms with E-state index in [0.717, 1.165) is 17.5 Å². The predicted molar refractivity (Wildman–Crippen MR) is 104 cm³/mol. The molecule has 26 heavy (non-hydrogen) atoms. The molecule has 0 unspecified atom stereocenters. The zero-order valence-electron chi connectivity index (χ0n) is 15.2. The van der Waals surface area contributed by atoms with Crippen molar-refractivity contribution in [2.24, 2.45) is 0 Å². The molecule has 1 aromatic heterocycles. The number of carbonyl (C=O) groups is 1. The number of para-hydroxylation sites is 1. The van der Waals surface area contributed by atoms with Crippen LogP contribution in [0.1, 0.15) is 34.8 Å². The first-order chi connectivity index (χ1) is 12.4. The van der Waals surface area contributed by atoms with E-state index in [1.54, 1.807) is 28.8 Å². The van der Waals surface area contributed by atoms with Gasteiger partial charge in [0.05, 0.1) is 5.52 Å². The summed E-state index contributed by atoms with van der Waals surface area (Å²) in [7, 11) is 0. The van der Waals surface area contributed by atoms with Crippen LogP contribution in [0.4, 0.5) is 5.69 Å². The zero-order chi connectivity index (χ0) is 18.8. The van der Waals surface area contributed by atoms with Crippen LogP contribution in [0.25, 0.3) is 10.9 Å². The summed E-state index contributed by atoms with van der Waals surface area (Å²) in [4.78, 5) is 25.7. The van der Waals surface area contributed by atoms with Crippen molar-refractivity contribution >= 4 is 22.5 Å². The van der Waals surface area contributed by atoms with Gasteiger partial charge in [0.1, 0.15) is 11.3 Å². The summed E-state index contributed by atoms with van der Waals surface area (Å²) in [6, 6.07) is 12.7.